The van der Waals surface area contributed by atoms with Crippen molar-refractivity contribution in [1.82, 2.24) is 5.01 Å². The lowest BCUT2D eigenvalue weighted by Gasteiger charge is -2.38. The Hall–Kier alpha value is -2.09. The molecule has 1 aromatic rings. The number of aryl methyl sites for hydroxylation is 3. The van der Waals surface area contributed by atoms with Crippen LogP contribution in [0.2, 0.25) is 0 Å². The summed E-state index contributed by atoms with van der Waals surface area (Å²) in [7, 11) is 0. The fraction of sp³-hybridized carbons (Fsp3) is 0.600. The first-order valence-electron chi connectivity index (χ1n) is 9.38. The van der Waals surface area contributed by atoms with Gasteiger partial charge in [0.2, 0.25) is 0 Å². The Morgan fingerprint density at radius 1 is 1.29 bits per heavy atom. The zero-order chi connectivity index (χ0) is 20.9. The standard InChI is InChI=1S/C20H25F3N2O3/c1-11-8-13(3)18(14(4)9-11)28-10-16(26)25-19(27,20(21,22)23)15-7-5-6-12(2)17(15)24-25/h8-9,12,15,27H,5-7,10H2,1-4H3/t12-,15-,19+/m1/s1. The third-order valence-corrected chi connectivity index (χ3v) is 5.61. The summed E-state index contributed by atoms with van der Waals surface area (Å²) in [5.41, 5.74) is -0.501. The highest BCUT2D eigenvalue weighted by molar-refractivity contribution is 5.95. The minimum absolute atomic E-state index is 0.139. The molecule has 0 bridgehead atoms. The number of ether oxygens (including phenoxy) is 1. The molecule has 28 heavy (non-hydrogen) atoms. The molecule has 1 saturated carbocycles. The maximum absolute atomic E-state index is 13.8. The average Bonchev–Trinajstić information content (AvgIpc) is 2.89. The van der Waals surface area contributed by atoms with Crippen LogP contribution in [-0.4, -0.2) is 40.2 Å². The number of carbonyl (C=O) groups is 1. The topological polar surface area (TPSA) is 62.1 Å². The summed E-state index contributed by atoms with van der Waals surface area (Å²) in [6.07, 6.45) is -3.65. The summed E-state index contributed by atoms with van der Waals surface area (Å²) in [5, 5.41) is 14.8. The predicted molar refractivity (Wildman–Crippen MR) is 97.9 cm³/mol. The molecule has 1 aliphatic carbocycles. The lowest BCUT2D eigenvalue weighted by molar-refractivity contribution is -0.317. The van der Waals surface area contributed by atoms with E-state index >= 15 is 0 Å². The highest BCUT2D eigenvalue weighted by atomic mass is 19.4. The number of benzene rings is 1. The third kappa shape index (κ3) is 3.27. The van der Waals surface area contributed by atoms with Crippen molar-refractivity contribution in [1.29, 1.82) is 0 Å². The maximum atomic E-state index is 13.8. The van der Waals surface area contributed by atoms with Gasteiger partial charge in [0.05, 0.1) is 5.92 Å². The molecule has 0 radical (unpaired) electrons. The van der Waals surface area contributed by atoms with Crippen LogP contribution in [0.5, 0.6) is 5.75 Å². The van der Waals surface area contributed by atoms with Crippen molar-refractivity contribution < 1.29 is 27.8 Å². The second kappa shape index (κ2) is 7.06. The molecule has 1 aliphatic heterocycles. The van der Waals surface area contributed by atoms with Crippen molar-refractivity contribution in [3.8, 4) is 5.75 Å². The predicted octanol–water partition coefficient (Wildman–Crippen LogP) is 3.88. The molecular formula is C20H25F3N2O3. The van der Waals surface area contributed by atoms with Gasteiger partial charge in [-0.15, -0.1) is 0 Å². The smallest absolute Gasteiger partial charge is 0.439 e. The Labute approximate surface area is 162 Å². The first-order chi connectivity index (χ1) is 13.0. The van der Waals surface area contributed by atoms with Gasteiger partial charge >= 0.3 is 6.18 Å². The SMILES string of the molecule is Cc1cc(C)c(OCC(=O)N2N=C3[C@H](C)CCC[C@H]3[C@]2(O)C(F)(F)F)c(C)c1. The number of hydrogen-bond donors (Lipinski definition) is 1. The number of alkyl halides is 3. The largest absolute Gasteiger partial charge is 0.483 e. The summed E-state index contributed by atoms with van der Waals surface area (Å²) >= 11 is 0. The molecule has 1 N–H and O–H groups in total. The van der Waals surface area contributed by atoms with Gasteiger partial charge in [0.25, 0.3) is 11.6 Å². The summed E-state index contributed by atoms with van der Waals surface area (Å²) < 4.78 is 47.0. The van der Waals surface area contributed by atoms with Crippen LogP contribution in [0.25, 0.3) is 0 Å². The van der Waals surface area contributed by atoms with Crippen molar-refractivity contribution in [2.75, 3.05) is 6.61 Å². The van der Waals surface area contributed by atoms with Crippen molar-refractivity contribution in [2.45, 2.75) is 58.9 Å². The second-order valence-electron chi connectivity index (χ2n) is 7.86. The fourth-order valence-corrected chi connectivity index (χ4v) is 4.34. The van der Waals surface area contributed by atoms with Crippen LogP contribution in [0.15, 0.2) is 17.2 Å². The first-order valence-corrected chi connectivity index (χ1v) is 9.38. The van der Waals surface area contributed by atoms with E-state index in [4.69, 9.17) is 4.74 Å². The quantitative estimate of drug-likeness (QED) is 0.841. The number of amides is 1. The Morgan fingerprint density at radius 3 is 2.46 bits per heavy atom. The van der Waals surface area contributed by atoms with Crippen LogP contribution in [-0.2, 0) is 4.79 Å². The summed E-state index contributed by atoms with van der Waals surface area (Å²) in [6.45, 7) is 6.66. The molecule has 1 amide bonds. The van der Waals surface area contributed by atoms with Crippen molar-refractivity contribution in [3.63, 3.8) is 0 Å². The van der Waals surface area contributed by atoms with E-state index in [1.165, 1.54) is 0 Å². The monoisotopic (exact) mass is 398 g/mol. The number of hydrogen-bond acceptors (Lipinski definition) is 4. The number of nitrogens with zero attached hydrogens (tertiary/aromatic N) is 2. The molecule has 1 heterocycles. The van der Waals surface area contributed by atoms with Gasteiger partial charge in [0.15, 0.2) is 6.61 Å². The van der Waals surface area contributed by atoms with Crippen LogP contribution in [0.4, 0.5) is 13.2 Å². The summed E-state index contributed by atoms with van der Waals surface area (Å²) in [5.74, 6) is -2.02. The van der Waals surface area contributed by atoms with Gasteiger partial charge in [0.1, 0.15) is 5.75 Å². The molecule has 8 heteroatoms. The van der Waals surface area contributed by atoms with E-state index in [1.54, 1.807) is 20.8 Å². The number of halogens is 3. The lowest BCUT2D eigenvalue weighted by Crippen LogP contribution is -2.62. The second-order valence-corrected chi connectivity index (χ2v) is 7.86. The van der Waals surface area contributed by atoms with Gasteiger partial charge in [-0.3, -0.25) is 4.79 Å². The molecule has 2 aliphatic rings. The molecule has 0 unspecified atom stereocenters. The van der Waals surface area contributed by atoms with Gasteiger partial charge in [0, 0.05) is 5.71 Å². The van der Waals surface area contributed by atoms with E-state index in [1.807, 2.05) is 19.1 Å². The summed E-state index contributed by atoms with van der Waals surface area (Å²) in [6, 6.07) is 3.73. The van der Waals surface area contributed by atoms with Crippen LogP contribution < -0.4 is 4.74 Å². The van der Waals surface area contributed by atoms with E-state index in [0.29, 0.717) is 18.6 Å². The van der Waals surface area contributed by atoms with Gasteiger partial charge in [-0.1, -0.05) is 31.0 Å². The Morgan fingerprint density at radius 2 is 1.89 bits per heavy atom. The Bertz CT molecular complexity index is 798. The zero-order valence-electron chi connectivity index (χ0n) is 16.4. The molecule has 3 rings (SSSR count). The fourth-order valence-electron chi connectivity index (χ4n) is 4.34. The normalized spacial score (nSPS) is 27.4. The molecular weight excluding hydrogens is 373 g/mol. The van der Waals surface area contributed by atoms with Crippen LogP contribution >= 0.6 is 0 Å². The Balaban J connectivity index is 1.87. The number of carbonyl (C=O) groups excluding carboxylic acids is 1. The maximum Gasteiger partial charge on any atom is 0.439 e. The molecule has 154 valence electrons. The highest BCUT2D eigenvalue weighted by Crippen LogP contribution is 2.49. The van der Waals surface area contributed by atoms with Crippen LogP contribution in [0, 0.1) is 32.6 Å². The van der Waals surface area contributed by atoms with Gasteiger partial charge < -0.3 is 9.84 Å². The van der Waals surface area contributed by atoms with Crippen LogP contribution in [0.1, 0.15) is 42.9 Å². The van der Waals surface area contributed by atoms with Crippen molar-refractivity contribution in [2.24, 2.45) is 16.9 Å². The summed E-state index contributed by atoms with van der Waals surface area (Å²) in [4.78, 5) is 12.7. The number of aliphatic hydroxyl groups is 1. The minimum atomic E-state index is -5.02. The lowest BCUT2D eigenvalue weighted by atomic mass is 9.75. The zero-order valence-corrected chi connectivity index (χ0v) is 16.4. The number of hydrazone groups is 1. The van der Waals surface area contributed by atoms with Gasteiger partial charge in [-0.25, -0.2) is 0 Å². The van der Waals surface area contributed by atoms with E-state index in [2.05, 4.69) is 5.10 Å². The molecule has 0 aromatic heterocycles. The molecule has 0 saturated heterocycles. The molecule has 0 spiro atoms. The molecule has 1 aromatic carbocycles. The van der Waals surface area contributed by atoms with E-state index in [-0.39, 0.29) is 23.1 Å². The first kappa shape index (κ1) is 20.6. The van der Waals surface area contributed by atoms with Gasteiger partial charge in [-0.05, 0) is 50.7 Å². The molecule has 1 fully saturated rings. The van der Waals surface area contributed by atoms with Crippen LogP contribution in [0.3, 0.4) is 0 Å². The van der Waals surface area contributed by atoms with E-state index < -0.39 is 30.3 Å². The molecule has 5 nitrogen and oxygen atoms in total. The Kier molecular flexibility index (Phi) is 5.20. The number of fused-ring (bicyclic) bond motifs is 1. The molecule has 3 atom stereocenters. The van der Waals surface area contributed by atoms with Gasteiger partial charge in [-0.2, -0.15) is 23.3 Å². The van der Waals surface area contributed by atoms with Crippen molar-refractivity contribution >= 4 is 11.6 Å². The third-order valence-electron chi connectivity index (χ3n) is 5.61. The van der Waals surface area contributed by atoms with E-state index in [9.17, 15) is 23.1 Å². The highest BCUT2D eigenvalue weighted by Gasteiger charge is 2.69. The number of rotatable bonds is 3. The van der Waals surface area contributed by atoms with E-state index in [0.717, 1.165) is 16.7 Å². The average molecular weight is 398 g/mol. The van der Waals surface area contributed by atoms with Crippen molar-refractivity contribution in [3.05, 3.63) is 28.8 Å². The minimum Gasteiger partial charge on any atom is -0.483 e.